The summed E-state index contributed by atoms with van der Waals surface area (Å²) in [6.07, 6.45) is 2.11. The van der Waals surface area contributed by atoms with Crippen molar-refractivity contribution in [2.24, 2.45) is 0 Å². The number of nitrogens with zero attached hydrogens (tertiary/aromatic N) is 3. The maximum Gasteiger partial charge on any atom is 0.233 e. The molecular formula is C23H21N3OS2. The molecule has 0 aliphatic carbocycles. The summed E-state index contributed by atoms with van der Waals surface area (Å²) in [6, 6.07) is 22.7. The molecule has 1 atom stereocenters. The predicted molar refractivity (Wildman–Crippen MR) is 120 cm³/mol. The Kier molecular flexibility index (Phi) is 5.12. The average Bonchev–Trinajstić information content (AvgIpc) is 3.40. The molecule has 0 spiro atoms. The van der Waals surface area contributed by atoms with E-state index >= 15 is 0 Å². The second-order valence-electron chi connectivity index (χ2n) is 7.09. The first-order valence-electron chi connectivity index (χ1n) is 9.71. The van der Waals surface area contributed by atoms with E-state index in [1.807, 2.05) is 41.3 Å². The second-order valence-corrected chi connectivity index (χ2v) is 9.20. The quantitative estimate of drug-likeness (QED) is 0.459. The molecule has 0 saturated carbocycles. The first-order chi connectivity index (χ1) is 14.3. The predicted octanol–water partition coefficient (Wildman–Crippen LogP) is 4.96. The topological polar surface area (TPSA) is 38.1 Å². The van der Waals surface area contributed by atoms with Crippen LogP contribution in [0.25, 0.3) is 10.2 Å². The van der Waals surface area contributed by atoms with Crippen LogP contribution in [0, 0.1) is 0 Å². The molecule has 3 heterocycles. The molecule has 0 N–H and O–H groups in total. The van der Waals surface area contributed by atoms with Crippen LogP contribution in [0.1, 0.15) is 22.3 Å². The Labute approximate surface area is 178 Å². The highest BCUT2D eigenvalue weighted by Crippen LogP contribution is 2.33. The van der Waals surface area contributed by atoms with Gasteiger partial charge in [0.05, 0.1) is 22.0 Å². The summed E-state index contributed by atoms with van der Waals surface area (Å²) < 4.78 is 3.46. The van der Waals surface area contributed by atoms with Gasteiger partial charge in [-0.3, -0.25) is 4.79 Å². The maximum atomic E-state index is 13.2. The van der Waals surface area contributed by atoms with E-state index in [9.17, 15) is 4.79 Å². The number of aromatic nitrogens is 2. The van der Waals surface area contributed by atoms with Crippen LogP contribution in [0.5, 0.6) is 0 Å². The average molecular weight is 420 g/mol. The third kappa shape index (κ3) is 3.70. The second kappa shape index (κ2) is 8.05. The zero-order valence-corrected chi connectivity index (χ0v) is 17.5. The van der Waals surface area contributed by atoms with Gasteiger partial charge in [-0.15, -0.1) is 23.1 Å². The Bertz CT molecular complexity index is 1100. The SMILES string of the molecule is O=C(CSCc1nc2ccccc2s1)N1CCn2cccc2[C@H]1c1ccccc1. The summed E-state index contributed by atoms with van der Waals surface area (Å²) in [4.78, 5) is 19.9. The summed E-state index contributed by atoms with van der Waals surface area (Å²) >= 11 is 3.37. The van der Waals surface area contributed by atoms with Crippen LogP contribution >= 0.6 is 23.1 Å². The third-order valence-corrected chi connectivity index (χ3v) is 7.41. The molecule has 4 nitrogen and oxygen atoms in total. The van der Waals surface area contributed by atoms with Gasteiger partial charge in [-0.2, -0.15) is 0 Å². The van der Waals surface area contributed by atoms with Crippen molar-refractivity contribution in [1.29, 1.82) is 0 Å². The molecule has 0 bridgehead atoms. The summed E-state index contributed by atoms with van der Waals surface area (Å²) in [6.45, 7) is 1.59. The zero-order valence-electron chi connectivity index (χ0n) is 15.9. The fourth-order valence-electron chi connectivity index (χ4n) is 3.93. The zero-order chi connectivity index (χ0) is 19.6. The normalized spacial score (nSPS) is 16.1. The first kappa shape index (κ1) is 18.5. The molecule has 0 radical (unpaired) electrons. The van der Waals surface area contributed by atoms with Crippen LogP contribution in [0.3, 0.4) is 0 Å². The molecule has 0 fully saturated rings. The van der Waals surface area contributed by atoms with Crippen molar-refractivity contribution in [1.82, 2.24) is 14.5 Å². The molecule has 29 heavy (non-hydrogen) atoms. The van der Waals surface area contributed by atoms with E-state index in [0.717, 1.165) is 34.9 Å². The summed E-state index contributed by atoms with van der Waals surface area (Å²) in [5.41, 5.74) is 3.39. The molecule has 0 saturated heterocycles. The van der Waals surface area contributed by atoms with Crippen molar-refractivity contribution in [2.75, 3.05) is 12.3 Å². The van der Waals surface area contributed by atoms with E-state index in [1.54, 1.807) is 23.1 Å². The number of hydrogen-bond acceptors (Lipinski definition) is 4. The molecule has 146 valence electrons. The van der Waals surface area contributed by atoms with Gasteiger partial charge in [0, 0.05) is 30.7 Å². The fourth-order valence-corrected chi connectivity index (χ4v) is 5.86. The molecule has 2 aromatic heterocycles. The van der Waals surface area contributed by atoms with Crippen molar-refractivity contribution in [3.05, 3.63) is 89.2 Å². The number of amides is 1. The highest BCUT2D eigenvalue weighted by Gasteiger charge is 2.31. The Hall–Kier alpha value is -2.57. The number of benzene rings is 2. The molecular weight excluding hydrogens is 398 g/mol. The van der Waals surface area contributed by atoms with E-state index in [2.05, 4.69) is 46.1 Å². The van der Waals surface area contributed by atoms with E-state index in [0.29, 0.717) is 5.75 Å². The third-order valence-electron chi connectivity index (χ3n) is 5.26. The van der Waals surface area contributed by atoms with Gasteiger partial charge in [-0.05, 0) is 29.8 Å². The van der Waals surface area contributed by atoms with Crippen molar-refractivity contribution in [3.63, 3.8) is 0 Å². The smallest absolute Gasteiger partial charge is 0.233 e. The van der Waals surface area contributed by atoms with Gasteiger partial charge in [0.15, 0.2) is 0 Å². The Balaban J connectivity index is 1.30. The van der Waals surface area contributed by atoms with Crippen molar-refractivity contribution in [3.8, 4) is 0 Å². The number of fused-ring (bicyclic) bond motifs is 2. The molecule has 1 aliphatic rings. The standard InChI is InChI=1S/C23H21N3OS2/c27-22(16-28-15-21-24-18-9-4-5-11-20(18)29-21)26-14-13-25-12-6-10-19(25)23(26)17-7-2-1-3-8-17/h1-12,23H,13-16H2/t23-/m1/s1. The lowest BCUT2D eigenvalue weighted by atomic mass is 10.00. The van der Waals surface area contributed by atoms with Gasteiger partial charge >= 0.3 is 0 Å². The van der Waals surface area contributed by atoms with Gasteiger partial charge in [0.1, 0.15) is 5.01 Å². The van der Waals surface area contributed by atoms with E-state index in [1.165, 1.54) is 10.4 Å². The van der Waals surface area contributed by atoms with Crippen LogP contribution in [0.15, 0.2) is 72.9 Å². The molecule has 0 unspecified atom stereocenters. The fraction of sp³-hybridized carbons (Fsp3) is 0.217. The van der Waals surface area contributed by atoms with Gasteiger partial charge in [0.25, 0.3) is 0 Å². The number of rotatable bonds is 5. The van der Waals surface area contributed by atoms with Crippen LogP contribution in [0.2, 0.25) is 0 Å². The molecule has 5 rings (SSSR count). The van der Waals surface area contributed by atoms with Crippen molar-refractivity contribution >= 4 is 39.2 Å². The van der Waals surface area contributed by atoms with E-state index < -0.39 is 0 Å². The molecule has 2 aromatic carbocycles. The Morgan fingerprint density at radius 1 is 1.03 bits per heavy atom. The minimum Gasteiger partial charge on any atom is -0.348 e. The summed E-state index contributed by atoms with van der Waals surface area (Å²) in [5, 5.41) is 1.08. The van der Waals surface area contributed by atoms with E-state index in [-0.39, 0.29) is 11.9 Å². The molecule has 6 heteroatoms. The lowest BCUT2D eigenvalue weighted by Gasteiger charge is -2.37. The van der Waals surface area contributed by atoms with Crippen LogP contribution in [0.4, 0.5) is 0 Å². The maximum absolute atomic E-state index is 13.2. The largest absolute Gasteiger partial charge is 0.348 e. The van der Waals surface area contributed by atoms with Crippen LogP contribution in [-0.4, -0.2) is 32.7 Å². The molecule has 4 aromatic rings. The lowest BCUT2D eigenvalue weighted by Crippen LogP contribution is -2.43. The lowest BCUT2D eigenvalue weighted by molar-refractivity contribution is -0.131. The number of carbonyl (C=O) groups is 1. The number of para-hydroxylation sites is 1. The number of thioether (sulfide) groups is 1. The Morgan fingerprint density at radius 2 is 1.86 bits per heavy atom. The van der Waals surface area contributed by atoms with Crippen molar-refractivity contribution < 1.29 is 4.79 Å². The number of hydrogen-bond donors (Lipinski definition) is 0. The monoisotopic (exact) mass is 419 g/mol. The van der Waals surface area contributed by atoms with Crippen molar-refractivity contribution in [2.45, 2.75) is 18.3 Å². The summed E-state index contributed by atoms with van der Waals surface area (Å²) in [5.74, 6) is 1.43. The Morgan fingerprint density at radius 3 is 2.72 bits per heavy atom. The highest BCUT2D eigenvalue weighted by atomic mass is 32.2. The van der Waals surface area contributed by atoms with Crippen LogP contribution < -0.4 is 0 Å². The minimum atomic E-state index is -0.0181. The van der Waals surface area contributed by atoms with E-state index in [4.69, 9.17) is 0 Å². The number of carbonyl (C=O) groups excluding carboxylic acids is 1. The summed E-state index contributed by atoms with van der Waals surface area (Å²) in [7, 11) is 0. The number of thiazole rings is 1. The molecule has 1 aliphatic heterocycles. The first-order valence-corrected chi connectivity index (χ1v) is 11.7. The minimum absolute atomic E-state index is 0.0181. The highest BCUT2D eigenvalue weighted by molar-refractivity contribution is 7.99. The molecule has 1 amide bonds. The van der Waals surface area contributed by atoms with Gasteiger partial charge in [-0.1, -0.05) is 42.5 Å². The van der Waals surface area contributed by atoms with Gasteiger partial charge in [0.2, 0.25) is 5.91 Å². The van der Waals surface area contributed by atoms with Gasteiger partial charge in [-0.25, -0.2) is 4.98 Å². The van der Waals surface area contributed by atoms with Crippen LogP contribution in [-0.2, 0) is 17.1 Å². The van der Waals surface area contributed by atoms with Gasteiger partial charge < -0.3 is 9.47 Å².